The monoisotopic (exact) mass is 578 g/mol. The Hall–Kier alpha value is -4.12. The number of allylic oxidation sites excluding steroid dienone is 4. The standard InChI is InChI=1S/C38H30N2S2/c1-23-25(3)41-37(39(23)31-19-17-29-15-13-27-9-5-7-11-33(27)35(29)21-31)38-40(24(2)26(4)42-38)32-20-18-30-16-14-28-10-6-8-12-34(28)36(30)22-32/h5-22H,1-4H3/b38-37+. The number of benzene rings is 6. The number of hydrogen-bond donors (Lipinski definition) is 0. The van der Waals surface area contributed by atoms with Gasteiger partial charge in [-0.1, -0.05) is 108 Å². The molecule has 8 rings (SSSR count). The molecule has 4 heteroatoms. The van der Waals surface area contributed by atoms with Crippen LogP contribution >= 0.6 is 23.5 Å². The van der Waals surface area contributed by atoms with Gasteiger partial charge < -0.3 is 9.80 Å². The molecular weight excluding hydrogens is 549 g/mol. The predicted octanol–water partition coefficient (Wildman–Crippen LogP) is 11.7. The van der Waals surface area contributed by atoms with Gasteiger partial charge in [-0.3, -0.25) is 0 Å². The van der Waals surface area contributed by atoms with Crippen LogP contribution in [-0.4, -0.2) is 0 Å². The Balaban J connectivity index is 1.31. The molecule has 0 saturated heterocycles. The van der Waals surface area contributed by atoms with E-state index in [2.05, 4.69) is 147 Å². The van der Waals surface area contributed by atoms with Crippen LogP contribution in [0.4, 0.5) is 11.4 Å². The molecule has 2 aliphatic rings. The van der Waals surface area contributed by atoms with Crippen molar-refractivity contribution in [2.75, 3.05) is 9.80 Å². The Morgan fingerprint density at radius 2 is 0.762 bits per heavy atom. The van der Waals surface area contributed by atoms with Crippen LogP contribution in [0.15, 0.2) is 140 Å². The van der Waals surface area contributed by atoms with Gasteiger partial charge in [0.2, 0.25) is 0 Å². The van der Waals surface area contributed by atoms with E-state index in [1.807, 2.05) is 23.5 Å². The third kappa shape index (κ3) is 3.89. The molecule has 2 heterocycles. The molecule has 0 N–H and O–H groups in total. The molecule has 0 atom stereocenters. The van der Waals surface area contributed by atoms with Crippen LogP contribution in [0.25, 0.3) is 43.1 Å². The van der Waals surface area contributed by atoms with Gasteiger partial charge in [0.15, 0.2) is 0 Å². The molecule has 0 unspecified atom stereocenters. The maximum Gasteiger partial charge on any atom is 0.116 e. The Labute approximate surface area is 255 Å². The fraction of sp³-hybridized carbons (Fsp3) is 0.105. The third-order valence-corrected chi connectivity index (χ3v) is 11.2. The summed E-state index contributed by atoms with van der Waals surface area (Å²) in [5, 5.41) is 12.8. The molecule has 42 heavy (non-hydrogen) atoms. The molecule has 2 nitrogen and oxygen atoms in total. The first kappa shape index (κ1) is 25.6. The van der Waals surface area contributed by atoms with Crippen molar-refractivity contribution in [1.29, 1.82) is 0 Å². The summed E-state index contributed by atoms with van der Waals surface area (Å²) in [6, 6.07) is 40.2. The maximum atomic E-state index is 2.47. The molecule has 6 aromatic carbocycles. The Morgan fingerprint density at radius 1 is 0.405 bits per heavy atom. The van der Waals surface area contributed by atoms with Gasteiger partial charge in [0.05, 0.1) is 0 Å². The first-order valence-corrected chi connectivity index (χ1v) is 16.0. The minimum absolute atomic E-state index is 1.20. The van der Waals surface area contributed by atoms with E-state index < -0.39 is 0 Å². The van der Waals surface area contributed by atoms with Gasteiger partial charge in [0.25, 0.3) is 0 Å². The lowest BCUT2D eigenvalue weighted by Gasteiger charge is -2.28. The highest BCUT2D eigenvalue weighted by molar-refractivity contribution is 8.10. The van der Waals surface area contributed by atoms with Crippen LogP contribution in [-0.2, 0) is 0 Å². The van der Waals surface area contributed by atoms with E-state index in [1.54, 1.807) is 0 Å². The molecule has 0 aromatic heterocycles. The molecule has 204 valence electrons. The summed E-state index contributed by atoms with van der Waals surface area (Å²) in [6.45, 7) is 9.00. The molecule has 0 saturated carbocycles. The van der Waals surface area contributed by atoms with Gasteiger partial charge in [0.1, 0.15) is 10.1 Å². The van der Waals surface area contributed by atoms with E-state index in [-0.39, 0.29) is 0 Å². The lowest BCUT2D eigenvalue weighted by molar-refractivity contribution is 1.09. The second-order valence-electron chi connectivity index (χ2n) is 11.2. The normalized spacial score (nSPS) is 17.7. The van der Waals surface area contributed by atoms with Crippen molar-refractivity contribution in [2.24, 2.45) is 0 Å². The van der Waals surface area contributed by atoms with Gasteiger partial charge in [-0.05, 0) is 95.1 Å². The average Bonchev–Trinajstić information content (AvgIpc) is 3.49. The second-order valence-corrected chi connectivity index (χ2v) is 13.6. The zero-order valence-electron chi connectivity index (χ0n) is 24.1. The maximum absolute atomic E-state index is 2.47. The highest BCUT2D eigenvalue weighted by atomic mass is 32.2. The molecule has 0 radical (unpaired) electrons. The summed E-state index contributed by atoms with van der Waals surface area (Å²) in [6.07, 6.45) is 0. The van der Waals surface area contributed by atoms with E-state index in [0.717, 1.165) is 0 Å². The zero-order chi connectivity index (χ0) is 28.5. The topological polar surface area (TPSA) is 6.48 Å². The fourth-order valence-corrected chi connectivity index (χ4v) is 8.64. The van der Waals surface area contributed by atoms with Crippen LogP contribution in [0, 0.1) is 0 Å². The SMILES string of the molecule is CC1=C(C)N(c2ccc3ccc4ccccc4c3c2)/C(=C2\SC(C)=C(C)N2c2ccc3ccc4ccccc4c3c2)S1. The van der Waals surface area contributed by atoms with Crippen molar-refractivity contribution in [3.8, 4) is 0 Å². The number of hydrogen-bond acceptors (Lipinski definition) is 4. The lowest BCUT2D eigenvalue weighted by Crippen LogP contribution is -2.22. The quantitative estimate of drug-likeness (QED) is 0.188. The zero-order valence-corrected chi connectivity index (χ0v) is 25.7. The number of thioether (sulfide) groups is 2. The summed E-state index contributed by atoms with van der Waals surface area (Å²) in [4.78, 5) is 7.61. The smallest absolute Gasteiger partial charge is 0.116 e. The summed E-state index contributed by atoms with van der Waals surface area (Å²) in [5.74, 6) is 0. The predicted molar refractivity (Wildman–Crippen MR) is 187 cm³/mol. The number of anilines is 2. The third-order valence-electron chi connectivity index (χ3n) is 8.76. The van der Waals surface area contributed by atoms with Crippen molar-refractivity contribution >= 4 is 78.0 Å². The molecule has 6 aromatic rings. The van der Waals surface area contributed by atoms with Crippen molar-refractivity contribution in [3.63, 3.8) is 0 Å². The minimum Gasteiger partial charge on any atom is -0.306 e. The summed E-state index contributed by atoms with van der Waals surface area (Å²) in [7, 11) is 0. The summed E-state index contributed by atoms with van der Waals surface area (Å²) in [5.41, 5.74) is 4.98. The van der Waals surface area contributed by atoms with Crippen molar-refractivity contribution < 1.29 is 0 Å². The Morgan fingerprint density at radius 3 is 1.19 bits per heavy atom. The van der Waals surface area contributed by atoms with Crippen molar-refractivity contribution in [1.82, 2.24) is 0 Å². The first-order chi connectivity index (χ1) is 20.5. The van der Waals surface area contributed by atoms with E-state index >= 15 is 0 Å². The summed E-state index contributed by atoms with van der Waals surface area (Å²) >= 11 is 3.78. The van der Waals surface area contributed by atoms with E-state index in [0.29, 0.717) is 0 Å². The van der Waals surface area contributed by atoms with Gasteiger partial charge >= 0.3 is 0 Å². The minimum atomic E-state index is 1.20. The highest BCUT2D eigenvalue weighted by Gasteiger charge is 2.35. The van der Waals surface area contributed by atoms with Crippen LogP contribution in [0.3, 0.4) is 0 Å². The largest absolute Gasteiger partial charge is 0.306 e. The number of rotatable bonds is 2. The van der Waals surface area contributed by atoms with E-state index in [4.69, 9.17) is 0 Å². The van der Waals surface area contributed by atoms with Crippen molar-refractivity contribution in [3.05, 3.63) is 140 Å². The van der Waals surface area contributed by atoms with E-state index in [9.17, 15) is 0 Å². The molecular formula is C38H30N2S2. The Kier molecular flexibility index (Phi) is 5.92. The first-order valence-electron chi connectivity index (χ1n) is 14.4. The Bertz CT molecular complexity index is 2050. The van der Waals surface area contributed by atoms with Crippen LogP contribution in [0.2, 0.25) is 0 Å². The van der Waals surface area contributed by atoms with Gasteiger partial charge in [-0.2, -0.15) is 0 Å². The van der Waals surface area contributed by atoms with Crippen LogP contribution in [0.5, 0.6) is 0 Å². The van der Waals surface area contributed by atoms with Gasteiger partial charge in [-0.25, -0.2) is 0 Å². The van der Waals surface area contributed by atoms with Gasteiger partial charge in [-0.15, -0.1) is 0 Å². The molecule has 0 spiro atoms. The molecule has 0 amide bonds. The van der Waals surface area contributed by atoms with Gasteiger partial charge in [0, 0.05) is 32.6 Å². The van der Waals surface area contributed by atoms with Crippen LogP contribution < -0.4 is 9.80 Å². The fourth-order valence-electron chi connectivity index (χ4n) is 6.31. The average molecular weight is 579 g/mol. The molecule has 0 aliphatic carbocycles. The number of nitrogens with zero attached hydrogens (tertiary/aromatic N) is 2. The second kappa shape index (κ2) is 9.72. The van der Waals surface area contributed by atoms with Crippen molar-refractivity contribution in [2.45, 2.75) is 27.7 Å². The lowest BCUT2D eigenvalue weighted by atomic mass is 10.0. The highest BCUT2D eigenvalue weighted by Crippen LogP contribution is 2.54. The summed E-state index contributed by atoms with van der Waals surface area (Å²) < 4.78 is 0. The molecule has 2 aliphatic heterocycles. The van der Waals surface area contributed by atoms with E-state index in [1.165, 1.54) is 85.7 Å². The number of fused-ring (bicyclic) bond motifs is 6. The molecule has 0 fully saturated rings. The molecule has 0 bridgehead atoms. The van der Waals surface area contributed by atoms with Crippen LogP contribution in [0.1, 0.15) is 27.7 Å².